The van der Waals surface area contributed by atoms with Gasteiger partial charge >= 0.3 is 0 Å². The molecule has 8 heteroatoms. The molecule has 0 aromatic heterocycles. The van der Waals surface area contributed by atoms with Gasteiger partial charge in [0, 0.05) is 13.5 Å². The van der Waals surface area contributed by atoms with Gasteiger partial charge in [0.05, 0.1) is 13.2 Å². The van der Waals surface area contributed by atoms with Crippen LogP contribution >= 0.6 is 0 Å². The Labute approximate surface area is 110 Å². The average molecular weight is 279 g/mol. The number of rotatable bonds is 6. The molecule has 1 saturated heterocycles. The van der Waals surface area contributed by atoms with Gasteiger partial charge in [-0.3, -0.25) is 4.79 Å². The van der Waals surface area contributed by atoms with Gasteiger partial charge in [0.2, 0.25) is 5.91 Å². The van der Waals surface area contributed by atoms with E-state index < -0.39 is 37.3 Å². The standard InChI is InChI=1S/C11H21NO7/c1-6(14)12-3-2-4-18-11-10(17)9(16)8(15)7(5-13)19-11/h7-11,13,15-17H,2-5H2,1H3,(H,12,14)/t7-,8+,9+,10-,11+/m1/s1. The van der Waals surface area contributed by atoms with Gasteiger partial charge in [-0.25, -0.2) is 0 Å². The number of ether oxygens (including phenoxy) is 2. The van der Waals surface area contributed by atoms with E-state index in [0.717, 1.165) is 0 Å². The molecule has 19 heavy (non-hydrogen) atoms. The molecule has 1 aliphatic rings. The van der Waals surface area contributed by atoms with Crippen molar-refractivity contribution >= 4 is 5.91 Å². The van der Waals surface area contributed by atoms with Gasteiger partial charge in [-0.15, -0.1) is 0 Å². The summed E-state index contributed by atoms with van der Waals surface area (Å²) in [4.78, 5) is 10.6. The molecule has 5 atom stereocenters. The monoisotopic (exact) mass is 279 g/mol. The van der Waals surface area contributed by atoms with Crippen LogP contribution in [0.4, 0.5) is 0 Å². The smallest absolute Gasteiger partial charge is 0.216 e. The second-order valence-corrected chi connectivity index (χ2v) is 4.40. The van der Waals surface area contributed by atoms with Gasteiger partial charge in [0.1, 0.15) is 24.4 Å². The summed E-state index contributed by atoms with van der Waals surface area (Å²) in [5.74, 6) is -0.146. The van der Waals surface area contributed by atoms with Gasteiger partial charge in [0.25, 0.3) is 0 Å². The molecular formula is C11H21NO7. The highest BCUT2D eigenvalue weighted by Gasteiger charge is 2.43. The number of amides is 1. The summed E-state index contributed by atoms with van der Waals surface area (Å²) in [6.45, 7) is 1.53. The van der Waals surface area contributed by atoms with Crippen LogP contribution in [0, 0.1) is 0 Å². The van der Waals surface area contributed by atoms with Crippen LogP contribution in [0.1, 0.15) is 13.3 Å². The second kappa shape index (κ2) is 7.73. The molecular weight excluding hydrogens is 258 g/mol. The largest absolute Gasteiger partial charge is 0.394 e. The van der Waals surface area contributed by atoms with Gasteiger partial charge in [-0.1, -0.05) is 0 Å². The van der Waals surface area contributed by atoms with Crippen molar-refractivity contribution in [3.8, 4) is 0 Å². The third kappa shape index (κ3) is 4.68. The Bertz CT molecular complexity index is 286. The molecule has 0 bridgehead atoms. The van der Waals surface area contributed by atoms with Gasteiger partial charge in [-0.2, -0.15) is 0 Å². The summed E-state index contributed by atoms with van der Waals surface area (Å²) in [5, 5.41) is 40.3. The van der Waals surface area contributed by atoms with Crippen LogP contribution in [0.2, 0.25) is 0 Å². The molecule has 5 N–H and O–H groups in total. The lowest BCUT2D eigenvalue weighted by atomic mass is 9.99. The number of aliphatic hydroxyl groups is 4. The normalized spacial score (nSPS) is 35.1. The molecule has 0 aromatic rings. The first-order valence-corrected chi connectivity index (χ1v) is 6.14. The summed E-state index contributed by atoms with van der Waals surface area (Å²) in [6.07, 6.45) is -5.80. The van der Waals surface area contributed by atoms with Crippen molar-refractivity contribution in [1.29, 1.82) is 0 Å². The van der Waals surface area contributed by atoms with E-state index in [9.17, 15) is 20.1 Å². The first kappa shape index (κ1) is 16.3. The Balaban J connectivity index is 2.33. The Morgan fingerprint density at radius 2 is 1.95 bits per heavy atom. The van der Waals surface area contributed by atoms with Crippen molar-refractivity contribution in [3.05, 3.63) is 0 Å². The minimum absolute atomic E-state index is 0.146. The van der Waals surface area contributed by atoms with Crippen molar-refractivity contribution in [2.45, 2.75) is 44.1 Å². The van der Waals surface area contributed by atoms with Crippen LogP contribution in [-0.2, 0) is 14.3 Å². The quantitative estimate of drug-likeness (QED) is 0.335. The van der Waals surface area contributed by atoms with Crippen molar-refractivity contribution in [1.82, 2.24) is 5.32 Å². The van der Waals surface area contributed by atoms with E-state index in [4.69, 9.17) is 14.6 Å². The number of nitrogens with one attached hydrogen (secondary N) is 1. The van der Waals surface area contributed by atoms with Crippen LogP contribution < -0.4 is 5.32 Å². The predicted molar refractivity (Wildman–Crippen MR) is 63.0 cm³/mol. The lowest BCUT2D eigenvalue weighted by Crippen LogP contribution is -2.59. The zero-order valence-electron chi connectivity index (χ0n) is 10.7. The third-order valence-corrected chi connectivity index (χ3v) is 2.83. The molecule has 0 aromatic carbocycles. The molecule has 0 unspecified atom stereocenters. The molecule has 8 nitrogen and oxygen atoms in total. The lowest BCUT2D eigenvalue weighted by molar-refractivity contribution is -0.301. The molecule has 1 aliphatic heterocycles. The summed E-state index contributed by atoms with van der Waals surface area (Å²) >= 11 is 0. The number of aliphatic hydroxyl groups excluding tert-OH is 4. The van der Waals surface area contributed by atoms with Crippen LogP contribution in [-0.4, -0.2) is 76.8 Å². The van der Waals surface area contributed by atoms with Crippen LogP contribution in [0.3, 0.4) is 0 Å². The lowest BCUT2D eigenvalue weighted by Gasteiger charge is -2.39. The summed E-state index contributed by atoms with van der Waals surface area (Å²) < 4.78 is 10.4. The van der Waals surface area contributed by atoms with Crippen LogP contribution in [0.25, 0.3) is 0 Å². The number of hydrogen-bond acceptors (Lipinski definition) is 7. The fourth-order valence-electron chi connectivity index (χ4n) is 1.74. The molecule has 1 fully saturated rings. The number of carbonyl (C=O) groups is 1. The average Bonchev–Trinajstić information content (AvgIpc) is 2.37. The maximum Gasteiger partial charge on any atom is 0.216 e. The fourth-order valence-corrected chi connectivity index (χ4v) is 1.74. The van der Waals surface area contributed by atoms with E-state index in [1.807, 2.05) is 0 Å². The molecule has 1 heterocycles. The maximum atomic E-state index is 10.6. The van der Waals surface area contributed by atoms with E-state index >= 15 is 0 Å². The zero-order chi connectivity index (χ0) is 14.4. The molecule has 1 rings (SSSR count). The highest BCUT2D eigenvalue weighted by Crippen LogP contribution is 2.21. The highest BCUT2D eigenvalue weighted by molar-refractivity contribution is 5.72. The van der Waals surface area contributed by atoms with E-state index in [-0.39, 0.29) is 12.5 Å². The van der Waals surface area contributed by atoms with Gasteiger partial charge in [0.15, 0.2) is 6.29 Å². The molecule has 0 spiro atoms. The zero-order valence-corrected chi connectivity index (χ0v) is 10.7. The van der Waals surface area contributed by atoms with Crippen LogP contribution in [0.5, 0.6) is 0 Å². The van der Waals surface area contributed by atoms with Crippen LogP contribution in [0.15, 0.2) is 0 Å². The Kier molecular flexibility index (Phi) is 6.63. The minimum Gasteiger partial charge on any atom is -0.394 e. The first-order valence-electron chi connectivity index (χ1n) is 6.14. The van der Waals surface area contributed by atoms with Crippen molar-refractivity contribution in [3.63, 3.8) is 0 Å². The number of hydrogen-bond donors (Lipinski definition) is 5. The maximum absolute atomic E-state index is 10.6. The molecule has 0 saturated carbocycles. The molecule has 0 radical (unpaired) electrons. The van der Waals surface area contributed by atoms with Crippen molar-refractivity contribution in [2.75, 3.05) is 19.8 Å². The highest BCUT2D eigenvalue weighted by atomic mass is 16.7. The van der Waals surface area contributed by atoms with E-state index in [0.29, 0.717) is 13.0 Å². The van der Waals surface area contributed by atoms with E-state index in [1.165, 1.54) is 6.92 Å². The topological polar surface area (TPSA) is 128 Å². The molecule has 112 valence electrons. The van der Waals surface area contributed by atoms with Crippen molar-refractivity contribution in [2.24, 2.45) is 0 Å². The first-order chi connectivity index (χ1) is 8.97. The van der Waals surface area contributed by atoms with Gasteiger partial charge < -0.3 is 35.2 Å². The van der Waals surface area contributed by atoms with E-state index in [1.54, 1.807) is 0 Å². The van der Waals surface area contributed by atoms with E-state index in [2.05, 4.69) is 5.32 Å². The Morgan fingerprint density at radius 3 is 2.53 bits per heavy atom. The Hall–Kier alpha value is -0.770. The summed E-state index contributed by atoms with van der Waals surface area (Å²) in [7, 11) is 0. The Morgan fingerprint density at radius 1 is 1.26 bits per heavy atom. The molecule has 1 amide bonds. The minimum atomic E-state index is -1.44. The SMILES string of the molecule is CC(=O)NCCCO[C@H]1O[C@H](CO)[C@H](O)[C@H](O)[C@H]1O. The third-order valence-electron chi connectivity index (χ3n) is 2.83. The molecule has 0 aliphatic carbocycles. The van der Waals surface area contributed by atoms with Gasteiger partial charge in [-0.05, 0) is 6.42 Å². The summed E-state index contributed by atoms with van der Waals surface area (Å²) in [5.41, 5.74) is 0. The fraction of sp³-hybridized carbons (Fsp3) is 0.909. The second-order valence-electron chi connectivity index (χ2n) is 4.40. The summed E-state index contributed by atoms with van der Waals surface area (Å²) in [6, 6.07) is 0. The predicted octanol–water partition coefficient (Wildman–Crippen LogP) is -2.67. The number of carbonyl (C=O) groups excluding carboxylic acids is 1. The van der Waals surface area contributed by atoms with Crippen molar-refractivity contribution < 1.29 is 34.7 Å².